The first-order chi connectivity index (χ1) is 9.70. The molecule has 0 spiro atoms. The van der Waals surface area contributed by atoms with Crippen LogP contribution in [0, 0.1) is 0 Å². The van der Waals surface area contributed by atoms with E-state index in [0.717, 1.165) is 26.9 Å². The van der Waals surface area contributed by atoms with Gasteiger partial charge in [-0.15, -0.1) is 11.3 Å². The monoisotopic (exact) mass is 304 g/mol. The lowest BCUT2D eigenvalue weighted by Crippen LogP contribution is -2.09. The number of nitrogens with zero attached hydrogens (tertiary/aromatic N) is 1. The van der Waals surface area contributed by atoms with E-state index in [1.54, 1.807) is 11.3 Å². The highest BCUT2D eigenvalue weighted by molar-refractivity contribution is 7.81. The van der Waals surface area contributed by atoms with E-state index in [9.17, 15) is 0 Å². The predicted molar refractivity (Wildman–Crippen MR) is 86.6 cm³/mol. The average Bonchev–Trinajstić information content (AvgIpc) is 3.18. The van der Waals surface area contributed by atoms with Crippen LogP contribution in [0.15, 0.2) is 24.3 Å². The molecule has 1 heterocycles. The summed E-state index contributed by atoms with van der Waals surface area (Å²) in [4.78, 5) is 6.19. The van der Waals surface area contributed by atoms with Gasteiger partial charge in [-0.05, 0) is 31.9 Å². The average molecular weight is 304 g/mol. The number of hydrogen-bond donors (Lipinski definition) is 1. The maximum Gasteiger partial charge on any atom is 0.129 e. The minimum Gasteiger partial charge on any atom is -0.493 e. The number of nitrogens with two attached hydrogens (primary N) is 1. The van der Waals surface area contributed by atoms with E-state index in [0.29, 0.717) is 17.5 Å². The van der Waals surface area contributed by atoms with Crippen molar-refractivity contribution in [3.63, 3.8) is 0 Å². The molecule has 1 aromatic carbocycles. The largest absolute Gasteiger partial charge is 0.493 e. The summed E-state index contributed by atoms with van der Waals surface area (Å²) in [7, 11) is 0. The molecule has 1 saturated carbocycles. The van der Waals surface area contributed by atoms with Crippen LogP contribution in [0.3, 0.4) is 0 Å². The standard InChI is InChI=1S/C15H16N2OS2/c1-2-18-11-6-4-3-5-10(11)15-17-12(9-7-8-9)13(20-15)14(16)19/h3-6,9H,2,7-8H2,1H3,(H2,16,19). The number of benzene rings is 1. The molecular weight excluding hydrogens is 288 g/mol. The third kappa shape index (κ3) is 2.55. The summed E-state index contributed by atoms with van der Waals surface area (Å²) in [6, 6.07) is 7.97. The fraction of sp³-hybridized carbons (Fsp3) is 0.333. The van der Waals surface area contributed by atoms with Crippen molar-refractivity contribution in [3.05, 3.63) is 34.8 Å². The Morgan fingerprint density at radius 2 is 2.20 bits per heavy atom. The lowest BCUT2D eigenvalue weighted by molar-refractivity contribution is 0.341. The molecule has 0 aliphatic heterocycles. The third-order valence-corrected chi connectivity index (χ3v) is 4.73. The number of rotatable bonds is 5. The van der Waals surface area contributed by atoms with Crippen molar-refractivity contribution in [2.45, 2.75) is 25.7 Å². The first-order valence-electron chi connectivity index (χ1n) is 6.73. The van der Waals surface area contributed by atoms with Crippen LogP contribution in [-0.2, 0) is 0 Å². The van der Waals surface area contributed by atoms with Gasteiger partial charge in [0.2, 0.25) is 0 Å². The summed E-state index contributed by atoms with van der Waals surface area (Å²) in [5.74, 6) is 1.40. The van der Waals surface area contributed by atoms with Crippen LogP contribution in [0.5, 0.6) is 5.75 Å². The van der Waals surface area contributed by atoms with Gasteiger partial charge in [-0.2, -0.15) is 0 Å². The van der Waals surface area contributed by atoms with Crippen molar-refractivity contribution in [1.29, 1.82) is 0 Å². The van der Waals surface area contributed by atoms with Crippen molar-refractivity contribution in [2.24, 2.45) is 5.73 Å². The van der Waals surface area contributed by atoms with Crippen LogP contribution < -0.4 is 10.5 Å². The van der Waals surface area contributed by atoms with Gasteiger partial charge < -0.3 is 10.5 Å². The molecule has 1 aromatic heterocycles. The van der Waals surface area contributed by atoms with E-state index in [1.165, 1.54) is 12.8 Å². The molecule has 1 fully saturated rings. The zero-order valence-electron chi connectivity index (χ0n) is 11.3. The number of ether oxygens (including phenoxy) is 1. The molecule has 20 heavy (non-hydrogen) atoms. The molecule has 3 nitrogen and oxygen atoms in total. The fourth-order valence-corrected chi connectivity index (χ4v) is 3.44. The Labute approximate surface area is 127 Å². The zero-order chi connectivity index (χ0) is 14.1. The smallest absolute Gasteiger partial charge is 0.129 e. The van der Waals surface area contributed by atoms with E-state index in [4.69, 9.17) is 27.7 Å². The van der Waals surface area contributed by atoms with Gasteiger partial charge in [-0.25, -0.2) is 4.98 Å². The van der Waals surface area contributed by atoms with Gasteiger partial charge >= 0.3 is 0 Å². The van der Waals surface area contributed by atoms with Crippen LogP contribution in [0.1, 0.15) is 36.3 Å². The second-order valence-corrected chi connectivity index (χ2v) is 6.24. The Balaban J connectivity index is 2.06. The van der Waals surface area contributed by atoms with Crippen molar-refractivity contribution in [2.75, 3.05) is 6.61 Å². The van der Waals surface area contributed by atoms with Crippen LogP contribution in [0.2, 0.25) is 0 Å². The van der Waals surface area contributed by atoms with Crippen LogP contribution in [0.4, 0.5) is 0 Å². The number of hydrogen-bond acceptors (Lipinski definition) is 4. The molecule has 1 aliphatic rings. The molecule has 5 heteroatoms. The first kappa shape index (κ1) is 13.5. The van der Waals surface area contributed by atoms with Crippen LogP contribution in [-0.4, -0.2) is 16.6 Å². The van der Waals surface area contributed by atoms with Gasteiger partial charge in [-0.3, -0.25) is 0 Å². The van der Waals surface area contributed by atoms with Crippen molar-refractivity contribution < 1.29 is 4.74 Å². The van der Waals surface area contributed by atoms with Gasteiger partial charge in [0.1, 0.15) is 15.7 Å². The first-order valence-corrected chi connectivity index (χ1v) is 7.96. The maximum absolute atomic E-state index is 5.84. The number of thiazole rings is 1. The molecule has 1 aliphatic carbocycles. The second kappa shape index (κ2) is 5.50. The highest BCUT2D eigenvalue weighted by Gasteiger charge is 2.31. The SMILES string of the molecule is CCOc1ccccc1-c1nc(C2CC2)c(C(N)=S)s1. The molecular formula is C15H16N2OS2. The summed E-state index contributed by atoms with van der Waals surface area (Å²) >= 11 is 6.73. The van der Waals surface area contributed by atoms with Crippen LogP contribution >= 0.6 is 23.6 Å². The topological polar surface area (TPSA) is 48.1 Å². The number of aromatic nitrogens is 1. The Hall–Kier alpha value is -1.46. The Morgan fingerprint density at radius 3 is 2.85 bits per heavy atom. The molecule has 2 aromatic rings. The molecule has 0 atom stereocenters. The maximum atomic E-state index is 5.84. The van der Waals surface area contributed by atoms with Crippen molar-refractivity contribution >= 4 is 28.5 Å². The molecule has 0 bridgehead atoms. The molecule has 0 amide bonds. The molecule has 104 valence electrons. The lowest BCUT2D eigenvalue weighted by atomic mass is 10.2. The Morgan fingerprint density at radius 1 is 1.45 bits per heavy atom. The summed E-state index contributed by atoms with van der Waals surface area (Å²) in [6.07, 6.45) is 2.37. The van der Waals surface area contributed by atoms with E-state index >= 15 is 0 Å². The minimum atomic E-state index is 0.449. The highest BCUT2D eigenvalue weighted by atomic mass is 32.1. The minimum absolute atomic E-state index is 0.449. The van der Waals surface area contributed by atoms with Crippen molar-refractivity contribution in [3.8, 4) is 16.3 Å². The quantitative estimate of drug-likeness (QED) is 0.855. The highest BCUT2D eigenvalue weighted by Crippen LogP contribution is 2.45. The van der Waals surface area contributed by atoms with Gasteiger partial charge in [-0.1, -0.05) is 24.4 Å². The second-order valence-electron chi connectivity index (χ2n) is 4.80. The van der Waals surface area contributed by atoms with Gasteiger partial charge in [0.15, 0.2) is 0 Å². The van der Waals surface area contributed by atoms with Gasteiger partial charge in [0.05, 0.1) is 22.7 Å². The Kier molecular flexibility index (Phi) is 3.72. The van der Waals surface area contributed by atoms with Gasteiger partial charge in [0, 0.05) is 5.92 Å². The zero-order valence-corrected chi connectivity index (χ0v) is 12.9. The van der Waals surface area contributed by atoms with Gasteiger partial charge in [0.25, 0.3) is 0 Å². The normalized spacial score (nSPS) is 14.2. The molecule has 0 radical (unpaired) electrons. The molecule has 0 saturated heterocycles. The van der Waals surface area contributed by atoms with E-state index in [-0.39, 0.29) is 0 Å². The molecule has 3 rings (SSSR count). The van der Waals surface area contributed by atoms with E-state index in [1.807, 2.05) is 31.2 Å². The number of thiocarbonyl (C=S) groups is 1. The van der Waals surface area contributed by atoms with E-state index < -0.39 is 0 Å². The molecule has 0 unspecified atom stereocenters. The number of para-hydroxylation sites is 1. The third-order valence-electron chi connectivity index (χ3n) is 3.26. The summed E-state index contributed by atoms with van der Waals surface area (Å²) in [5, 5.41) is 0.943. The van der Waals surface area contributed by atoms with Crippen molar-refractivity contribution in [1.82, 2.24) is 4.98 Å². The fourth-order valence-electron chi connectivity index (χ4n) is 2.18. The molecule has 2 N–H and O–H groups in total. The summed E-state index contributed by atoms with van der Waals surface area (Å²) < 4.78 is 5.68. The Bertz CT molecular complexity index is 647. The van der Waals surface area contributed by atoms with E-state index in [2.05, 4.69) is 0 Å². The summed E-state index contributed by atoms with van der Waals surface area (Å²) in [6.45, 7) is 2.62. The predicted octanol–water partition coefficient (Wildman–Crippen LogP) is 3.72. The summed E-state index contributed by atoms with van der Waals surface area (Å²) in [5.41, 5.74) is 7.93. The van der Waals surface area contributed by atoms with Crippen LogP contribution in [0.25, 0.3) is 10.6 Å². The lowest BCUT2D eigenvalue weighted by Gasteiger charge is -2.07.